The van der Waals surface area contributed by atoms with E-state index in [1.807, 2.05) is 16.9 Å². The number of aromatic nitrogens is 2. The Morgan fingerprint density at radius 2 is 1.78 bits per heavy atom. The van der Waals surface area contributed by atoms with Gasteiger partial charge in [0.15, 0.2) is 0 Å². The second-order valence-electron chi connectivity index (χ2n) is 8.83. The lowest BCUT2D eigenvalue weighted by Crippen LogP contribution is -2.33. The average molecular weight is 524 g/mol. The molecule has 2 heterocycles. The van der Waals surface area contributed by atoms with Crippen molar-refractivity contribution in [1.82, 2.24) is 14.3 Å². The van der Waals surface area contributed by atoms with Gasteiger partial charge in [0.25, 0.3) is 15.6 Å². The molecule has 0 spiro atoms. The van der Waals surface area contributed by atoms with Crippen molar-refractivity contribution in [1.29, 1.82) is 0 Å². The van der Waals surface area contributed by atoms with Crippen LogP contribution in [0.25, 0.3) is 16.6 Å². The van der Waals surface area contributed by atoms with Gasteiger partial charge in [-0.3, -0.25) is 9.36 Å². The molecule has 0 unspecified atom stereocenters. The number of thiophene rings is 1. The second-order valence-corrected chi connectivity index (χ2v) is 12.0. The summed E-state index contributed by atoms with van der Waals surface area (Å²) in [7, 11) is -3.95. The highest BCUT2D eigenvalue weighted by molar-refractivity contribution is 7.92. The van der Waals surface area contributed by atoms with Crippen LogP contribution >= 0.6 is 11.3 Å². The van der Waals surface area contributed by atoms with Crippen molar-refractivity contribution in [3.05, 3.63) is 75.7 Å². The first-order valence-corrected chi connectivity index (χ1v) is 13.8. The Morgan fingerprint density at radius 1 is 1.06 bits per heavy atom. The van der Waals surface area contributed by atoms with Crippen molar-refractivity contribution in [3.8, 4) is 5.69 Å². The summed E-state index contributed by atoms with van der Waals surface area (Å²) in [6.45, 7) is 4.48. The van der Waals surface area contributed by atoms with Gasteiger partial charge in [0, 0.05) is 22.8 Å². The monoisotopic (exact) mass is 523 g/mol. The van der Waals surface area contributed by atoms with Crippen molar-refractivity contribution < 1.29 is 13.2 Å². The van der Waals surface area contributed by atoms with E-state index in [0.29, 0.717) is 28.1 Å². The molecule has 0 atom stereocenters. The first-order valence-electron chi connectivity index (χ1n) is 11.5. The summed E-state index contributed by atoms with van der Waals surface area (Å²) in [6.07, 6.45) is 2.52. The Morgan fingerprint density at radius 3 is 2.44 bits per heavy atom. The number of anilines is 2. The van der Waals surface area contributed by atoms with Gasteiger partial charge in [0.2, 0.25) is 0 Å². The number of carbonyl (C=O) groups excluding carboxylic acids is 1. The molecule has 0 aliphatic heterocycles. The number of amides is 2. The molecule has 2 aromatic carbocycles. The van der Waals surface area contributed by atoms with Gasteiger partial charge in [-0.05, 0) is 87.2 Å². The first-order chi connectivity index (χ1) is 17.2. The number of benzene rings is 2. The summed E-state index contributed by atoms with van der Waals surface area (Å²) in [5.74, 6) is 1.27. The Labute approximate surface area is 212 Å². The van der Waals surface area contributed by atoms with Crippen LogP contribution < -0.4 is 20.9 Å². The third-order valence-electron chi connectivity index (χ3n) is 5.92. The summed E-state index contributed by atoms with van der Waals surface area (Å²) >= 11 is 1.08. The fourth-order valence-corrected chi connectivity index (χ4v) is 6.06. The quantitative estimate of drug-likeness (QED) is 0.330. The molecular weight excluding hydrogens is 498 g/mol. The number of nitrogens with zero attached hydrogens (tertiary/aromatic N) is 2. The predicted molar refractivity (Wildman–Crippen MR) is 142 cm³/mol. The maximum Gasteiger partial charge on any atom is 0.333 e. The van der Waals surface area contributed by atoms with Gasteiger partial charge in [-0.25, -0.2) is 22.9 Å². The minimum atomic E-state index is -3.95. The van der Waals surface area contributed by atoms with E-state index in [9.17, 15) is 18.0 Å². The molecule has 11 heteroatoms. The number of urea groups is 1. The molecule has 1 aliphatic carbocycles. The normalized spacial score (nSPS) is 13.5. The molecule has 3 N–H and O–H groups in total. The fraction of sp³-hybridized carbons (Fsp3) is 0.240. The Balaban J connectivity index is 1.32. The third-order valence-corrected chi connectivity index (χ3v) is 8.74. The van der Waals surface area contributed by atoms with Crippen LogP contribution in [0.15, 0.2) is 63.6 Å². The van der Waals surface area contributed by atoms with E-state index >= 15 is 0 Å². The van der Waals surface area contributed by atoms with E-state index in [4.69, 9.17) is 0 Å². The third kappa shape index (κ3) is 5.12. The molecule has 2 amide bonds. The zero-order chi connectivity index (χ0) is 25.4. The maximum atomic E-state index is 13.3. The van der Waals surface area contributed by atoms with Crippen molar-refractivity contribution in [3.63, 3.8) is 0 Å². The molecule has 4 aromatic rings. The molecule has 0 bridgehead atoms. The van der Waals surface area contributed by atoms with Gasteiger partial charge in [-0.2, -0.15) is 0 Å². The van der Waals surface area contributed by atoms with E-state index in [0.717, 1.165) is 34.4 Å². The van der Waals surface area contributed by atoms with Crippen molar-refractivity contribution in [2.24, 2.45) is 5.92 Å². The van der Waals surface area contributed by atoms with Crippen LogP contribution in [0.1, 0.15) is 23.5 Å². The minimum Gasteiger partial charge on any atom is -0.385 e. The molecule has 0 radical (unpaired) electrons. The highest BCUT2D eigenvalue weighted by Crippen LogP contribution is 2.29. The van der Waals surface area contributed by atoms with Crippen LogP contribution in [0.5, 0.6) is 0 Å². The fourth-order valence-electron chi connectivity index (χ4n) is 3.87. The van der Waals surface area contributed by atoms with Gasteiger partial charge in [-0.15, -0.1) is 11.3 Å². The van der Waals surface area contributed by atoms with Crippen molar-refractivity contribution in [2.45, 2.75) is 30.9 Å². The number of hydrogen-bond acceptors (Lipinski definition) is 7. The molecule has 1 fully saturated rings. The summed E-state index contributed by atoms with van der Waals surface area (Å²) in [5, 5.41) is 6.42. The number of aryl methyl sites for hydroxylation is 2. The molecule has 9 nitrogen and oxygen atoms in total. The summed E-state index contributed by atoms with van der Waals surface area (Å²) in [5.41, 5.74) is 2.34. The van der Waals surface area contributed by atoms with Crippen molar-refractivity contribution >= 4 is 49.7 Å². The molecule has 2 aromatic heterocycles. The van der Waals surface area contributed by atoms with E-state index in [2.05, 4.69) is 15.6 Å². The van der Waals surface area contributed by atoms with Crippen LogP contribution in [0.4, 0.5) is 16.2 Å². The lowest BCUT2D eigenvalue weighted by molar-refractivity contribution is 0.256. The summed E-state index contributed by atoms with van der Waals surface area (Å²) in [4.78, 5) is 31.0. The van der Waals surface area contributed by atoms with Crippen LogP contribution in [0.3, 0.4) is 0 Å². The van der Waals surface area contributed by atoms with Gasteiger partial charge >= 0.3 is 6.03 Å². The lowest BCUT2D eigenvalue weighted by Gasteiger charge is -2.13. The number of nitrogens with one attached hydrogen (secondary N) is 3. The molecule has 5 rings (SSSR count). The molecule has 36 heavy (non-hydrogen) atoms. The number of rotatable bonds is 7. The van der Waals surface area contributed by atoms with Crippen molar-refractivity contribution in [2.75, 3.05) is 17.2 Å². The van der Waals surface area contributed by atoms with Crippen LogP contribution in [-0.4, -0.2) is 30.5 Å². The highest BCUT2D eigenvalue weighted by atomic mass is 32.2. The summed E-state index contributed by atoms with van der Waals surface area (Å²) in [6, 6.07) is 14.3. The minimum absolute atomic E-state index is 0.0648. The first kappa shape index (κ1) is 24.0. The predicted octanol–water partition coefficient (Wildman–Crippen LogP) is 4.40. The van der Waals surface area contributed by atoms with E-state index < -0.39 is 16.1 Å². The van der Waals surface area contributed by atoms with E-state index in [1.54, 1.807) is 50.2 Å². The lowest BCUT2D eigenvalue weighted by atomic mass is 10.2. The maximum absolute atomic E-state index is 13.3. The van der Waals surface area contributed by atoms with Crippen LogP contribution in [-0.2, 0) is 10.0 Å². The van der Waals surface area contributed by atoms with Gasteiger partial charge < -0.3 is 10.6 Å². The Bertz CT molecular complexity index is 1620. The number of hydrogen-bond donors (Lipinski definition) is 3. The van der Waals surface area contributed by atoms with Gasteiger partial charge in [0.05, 0.1) is 16.6 Å². The summed E-state index contributed by atoms with van der Waals surface area (Å²) < 4.78 is 28.3. The topological polar surface area (TPSA) is 122 Å². The molecule has 0 saturated heterocycles. The molecular formula is C25H25N5O4S2. The molecule has 1 aliphatic rings. The SMILES string of the molecule is Cc1ccc(S(=O)(=O)NC(=O)Nc2ccc(-n3c(C)nc4cc(NCC5CC5)ccc4c3=O)cc2)s1. The highest BCUT2D eigenvalue weighted by Gasteiger charge is 2.21. The zero-order valence-electron chi connectivity index (χ0n) is 19.7. The Kier molecular flexibility index (Phi) is 6.27. The number of fused-ring (bicyclic) bond motifs is 1. The van der Waals surface area contributed by atoms with Gasteiger partial charge in [0.1, 0.15) is 10.0 Å². The van der Waals surface area contributed by atoms with Crippen LogP contribution in [0.2, 0.25) is 0 Å². The van der Waals surface area contributed by atoms with Gasteiger partial charge in [-0.1, -0.05) is 0 Å². The molecule has 1 saturated carbocycles. The smallest absolute Gasteiger partial charge is 0.333 e. The van der Waals surface area contributed by atoms with E-state index in [-0.39, 0.29) is 9.77 Å². The second kappa shape index (κ2) is 9.40. The van der Waals surface area contributed by atoms with Crippen LogP contribution in [0, 0.1) is 19.8 Å². The number of sulfonamides is 1. The standard InChI is InChI=1S/C25H25N5O4S2/c1-15-3-12-23(35-15)36(33,34)29-25(32)28-18-6-9-20(10-7-18)30-16(2)27-22-13-19(26-14-17-4-5-17)8-11-21(22)24(30)31/h3,6-13,17,26H,4-5,14H2,1-2H3,(H2,28,29,32). The number of carbonyl (C=O) groups is 1. The zero-order valence-corrected chi connectivity index (χ0v) is 21.4. The Hall–Kier alpha value is -3.70. The molecule has 186 valence electrons. The van der Waals surface area contributed by atoms with E-state index in [1.165, 1.54) is 23.5 Å². The largest absolute Gasteiger partial charge is 0.385 e. The average Bonchev–Trinajstić information content (AvgIpc) is 3.55.